The van der Waals surface area contributed by atoms with Crippen LogP contribution in [0.4, 0.5) is 10.5 Å². The maximum atomic E-state index is 12.6. The molecule has 6 heteroatoms. The molecule has 3 amide bonds. The van der Waals surface area contributed by atoms with Crippen molar-refractivity contribution in [3.8, 4) is 0 Å². The Labute approximate surface area is 150 Å². The Morgan fingerprint density at radius 1 is 1.20 bits per heavy atom. The van der Waals surface area contributed by atoms with Crippen molar-refractivity contribution in [1.29, 1.82) is 0 Å². The summed E-state index contributed by atoms with van der Waals surface area (Å²) in [4.78, 5) is 30.5. The Morgan fingerprint density at radius 2 is 1.84 bits per heavy atom. The minimum atomic E-state index is -0.118. The Balaban J connectivity index is 2.04. The second-order valence-corrected chi connectivity index (χ2v) is 6.94. The van der Waals surface area contributed by atoms with Gasteiger partial charge in [-0.2, -0.15) is 0 Å². The lowest BCUT2D eigenvalue weighted by molar-refractivity contribution is 0.0827. The van der Waals surface area contributed by atoms with Crippen LogP contribution < -0.4 is 5.32 Å². The lowest BCUT2D eigenvalue weighted by Crippen LogP contribution is -2.46. The number of nitrogens with one attached hydrogen (secondary N) is 1. The minimum Gasteiger partial charge on any atom is -0.345 e. The van der Waals surface area contributed by atoms with Crippen LogP contribution in [0, 0.1) is 6.92 Å². The third-order valence-electron chi connectivity index (χ3n) is 5.00. The van der Waals surface area contributed by atoms with E-state index in [0.717, 1.165) is 38.0 Å². The minimum absolute atomic E-state index is 0.0733. The van der Waals surface area contributed by atoms with Crippen molar-refractivity contribution in [2.75, 3.05) is 46.1 Å². The lowest BCUT2D eigenvalue weighted by Gasteiger charge is -2.36. The van der Waals surface area contributed by atoms with E-state index in [4.69, 9.17) is 0 Å². The molecule has 25 heavy (non-hydrogen) atoms. The van der Waals surface area contributed by atoms with Crippen LogP contribution in [-0.4, -0.2) is 73.5 Å². The number of likely N-dealkylation sites (tertiary alicyclic amines) is 1. The van der Waals surface area contributed by atoms with Crippen LogP contribution in [0.15, 0.2) is 18.2 Å². The number of anilines is 1. The first-order valence-electron chi connectivity index (χ1n) is 8.92. The van der Waals surface area contributed by atoms with E-state index in [0.29, 0.717) is 11.3 Å². The molecule has 1 heterocycles. The Morgan fingerprint density at radius 3 is 2.40 bits per heavy atom. The molecule has 0 unspecified atom stereocenters. The summed E-state index contributed by atoms with van der Waals surface area (Å²) in [6, 6.07) is 5.55. The van der Waals surface area contributed by atoms with Crippen LogP contribution in [0.25, 0.3) is 0 Å². The van der Waals surface area contributed by atoms with Gasteiger partial charge >= 0.3 is 6.03 Å². The molecule has 0 aromatic heterocycles. The van der Waals surface area contributed by atoms with Gasteiger partial charge in [0.2, 0.25) is 0 Å². The molecule has 2 rings (SSSR count). The van der Waals surface area contributed by atoms with E-state index in [1.807, 2.05) is 20.0 Å². The Bertz CT molecular complexity index is 622. The summed E-state index contributed by atoms with van der Waals surface area (Å²) in [5.74, 6) is -0.0733. The predicted molar refractivity (Wildman–Crippen MR) is 101 cm³/mol. The molecule has 1 aliphatic heterocycles. The fraction of sp³-hybridized carbons (Fsp3) is 0.579. The SMILES string of the molecule is CCN1CCC(N(C)C(=O)Nc2cc(C(=O)N(C)C)ccc2C)CC1. The van der Waals surface area contributed by atoms with Crippen LogP contribution >= 0.6 is 0 Å². The maximum Gasteiger partial charge on any atom is 0.321 e. The normalized spacial score (nSPS) is 15.7. The molecule has 1 fully saturated rings. The molecule has 1 aromatic rings. The van der Waals surface area contributed by atoms with E-state index in [1.165, 1.54) is 4.90 Å². The average molecular weight is 346 g/mol. The van der Waals surface area contributed by atoms with E-state index in [-0.39, 0.29) is 18.0 Å². The molecule has 1 aliphatic rings. The summed E-state index contributed by atoms with van der Waals surface area (Å²) >= 11 is 0. The number of amides is 3. The summed E-state index contributed by atoms with van der Waals surface area (Å²) in [6.07, 6.45) is 1.99. The molecule has 0 atom stereocenters. The van der Waals surface area contributed by atoms with E-state index in [9.17, 15) is 9.59 Å². The zero-order valence-electron chi connectivity index (χ0n) is 16.0. The summed E-state index contributed by atoms with van der Waals surface area (Å²) in [5.41, 5.74) is 2.21. The van der Waals surface area contributed by atoms with Crippen molar-refractivity contribution in [1.82, 2.24) is 14.7 Å². The molecular formula is C19H30N4O2. The molecule has 0 aliphatic carbocycles. The molecular weight excluding hydrogens is 316 g/mol. The highest BCUT2D eigenvalue weighted by atomic mass is 16.2. The van der Waals surface area contributed by atoms with Crippen LogP contribution in [0.5, 0.6) is 0 Å². The monoisotopic (exact) mass is 346 g/mol. The average Bonchev–Trinajstić information content (AvgIpc) is 2.62. The fourth-order valence-electron chi connectivity index (χ4n) is 3.14. The summed E-state index contributed by atoms with van der Waals surface area (Å²) in [5, 5.41) is 2.97. The lowest BCUT2D eigenvalue weighted by atomic mass is 10.0. The summed E-state index contributed by atoms with van der Waals surface area (Å²) in [6.45, 7) is 7.23. The van der Waals surface area contributed by atoms with E-state index < -0.39 is 0 Å². The Kier molecular flexibility index (Phi) is 6.42. The van der Waals surface area contributed by atoms with Gasteiger partial charge in [-0.25, -0.2) is 4.79 Å². The van der Waals surface area contributed by atoms with Gasteiger partial charge < -0.3 is 20.0 Å². The van der Waals surface area contributed by atoms with Crippen molar-refractivity contribution in [3.05, 3.63) is 29.3 Å². The van der Waals surface area contributed by atoms with Crippen LogP contribution in [0.1, 0.15) is 35.7 Å². The molecule has 1 N–H and O–H groups in total. The third kappa shape index (κ3) is 4.72. The van der Waals surface area contributed by atoms with Gasteiger partial charge in [-0.05, 0) is 44.0 Å². The van der Waals surface area contributed by atoms with Gasteiger partial charge in [0.1, 0.15) is 0 Å². The number of hydrogen-bond donors (Lipinski definition) is 1. The largest absolute Gasteiger partial charge is 0.345 e. The van der Waals surface area contributed by atoms with Crippen LogP contribution in [0.2, 0.25) is 0 Å². The van der Waals surface area contributed by atoms with Crippen molar-refractivity contribution in [2.45, 2.75) is 32.7 Å². The van der Waals surface area contributed by atoms with Crippen LogP contribution in [0.3, 0.4) is 0 Å². The van der Waals surface area contributed by atoms with E-state index in [2.05, 4.69) is 17.1 Å². The van der Waals surface area contributed by atoms with Gasteiger partial charge in [0.25, 0.3) is 5.91 Å². The molecule has 6 nitrogen and oxygen atoms in total. The first-order valence-corrected chi connectivity index (χ1v) is 8.92. The number of rotatable bonds is 4. The smallest absolute Gasteiger partial charge is 0.321 e. The number of carbonyl (C=O) groups excluding carboxylic acids is 2. The number of urea groups is 1. The predicted octanol–water partition coefficient (Wildman–Crippen LogP) is 2.64. The molecule has 1 aromatic carbocycles. The van der Waals surface area contributed by atoms with Gasteiger partial charge in [0.05, 0.1) is 0 Å². The first-order chi connectivity index (χ1) is 11.8. The second kappa shape index (κ2) is 8.34. The highest BCUT2D eigenvalue weighted by molar-refractivity contribution is 5.97. The standard InChI is InChI=1S/C19H30N4O2/c1-6-23-11-9-16(10-12-23)22(5)19(25)20-17-13-15(8-7-14(17)2)18(24)21(3)4/h7-8,13,16H,6,9-12H2,1-5H3,(H,20,25). The Hall–Kier alpha value is -2.08. The van der Waals surface area contributed by atoms with Crippen molar-refractivity contribution in [3.63, 3.8) is 0 Å². The van der Waals surface area contributed by atoms with Gasteiger partial charge in [-0.3, -0.25) is 4.79 Å². The summed E-state index contributed by atoms with van der Waals surface area (Å²) < 4.78 is 0. The number of piperidine rings is 1. The molecule has 0 radical (unpaired) electrons. The topological polar surface area (TPSA) is 55.9 Å². The van der Waals surface area contributed by atoms with Gasteiger partial charge in [0.15, 0.2) is 0 Å². The van der Waals surface area contributed by atoms with E-state index in [1.54, 1.807) is 31.1 Å². The quantitative estimate of drug-likeness (QED) is 0.912. The van der Waals surface area contributed by atoms with Crippen molar-refractivity contribution < 1.29 is 9.59 Å². The zero-order valence-corrected chi connectivity index (χ0v) is 16.0. The number of benzene rings is 1. The molecule has 0 spiro atoms. The first kappa shape index (κ1) is 19.2. The van der Waals surface area contributed by atoms with Crippen molar-refractivity contribution in [2.24, 2.45) is 0 Å². The number of hydrogen-bond acceptors (Lipinski definition) is 3. The van der Waals surface area contributed by atoms with Gasteiger partial charge in [-0.15, -0.1) is 0 Å². The maximum absolute atomic E-state index is 12.6. The van der Waals surface area contributed by atoms with E-state index >= 15 is 0 Å². The number of carbonyl (C=O) groups is 2. The third-order valence-corrected chi connectivity index (χ3v) is 5.00. The molecule has 0 saturated carbocycles. The highest BCUT2D eigenvalue weighted by Gasteiger charge is 2.25. The fourth-order valence-corrected chi connectivity index (χ4v) is 3.14. The van der Waals surface area contributed by atoms with Crippen LogP contribution in [-0.2, 0) is 0 Å². The summed E-state index contributed by atoms with van der Waals surface area (Å²) in [7, 11) is 5.29. The molecule has 0 bridgehead atoms. The van der Waals surface area contributed by atoms with Crippen molar-refractivity contribution >= 4 is 17.6 Å². The second-order valence-electron chi connectivity index (χ2n) is 6.94. The number of aryl methyl sites for hydroxylation is 1. The highest BCUT2D eigenvalue weighted by Crippen LogP contribution is 2.20. The molecule has 138 valence electrons. The molecule has 1 saturated heterocycles. The number of nitrogens with zero attached hydrogens (tertiary/aromatic N) is 3. The van der Waals surface area contributed by atoms with Gasteiger partial charge in [-0.1, -0.05) is 13.0 Å². The van der Waals surface area contributed by atoms with Gasteiger partial charge in [0, 0.05) is 51.5 Å². The zero-order chi connectivity index (χ0) is 18.6.